The van der Waals surface area contributed by atoms with Gasteiger partial charge in [-0.05, 0) is 12.1 Å². The zero-order valence-corrected chi connectivity index (χ0v) is 13.2. The topological polar surface area (TPSA) is 135 Å². The average molecular weight is 352 g/mol. The summed E-state index contributed by atoms with van der Waals surface area (Å²) in [5.74, 6) is 0.252. The standard InChI is InChI=1S/C14H14ClN5O4/c15-8-4-7(5-9-11(8)23-3-1-2-22-9)12(21)24-6-10-18-13(16)20-14(17)19-10/h4-5H,1-3,6H2,(H4,16,17,18,19,20). The molecule has 1 aromatic heterocycles. The van der Waals surface area contributed by atoms with Gasteiger partial charge in [0.25, 0.3) is 0 Å². The molecule has 10 heteroatoms. The van der Waals surface area contributed by atoms with Crippen LogP contribution in [-0.2, 0) is 11.3 Å². The van der Waals surface area contributed by atoms with E-state index in [0.29, 0.717) is 24.7 Å². The van der Waals surface area contributed by atoms with Gasteiger partial charge in [0, 0.05) is 6.42 Å². The summed E-state index contributed by atoms with van der Waals surface area (Å²) in [6.45, 7) is 0.770. The van der Waals surface area contributed by atoms with Crippen molar-refractivity contribution < 1.29 is 19.0 Å². The van der Waals surface area contributed by atoms with Crippen LogP contribution in [0.1, 0.15) is 22.6 Å². The normalized spacial score (nSPS) is 13.2. The summed E-state index contributed by atoms with van der Waals surface area (Å²) in [5.41, 5.74) is 11.1. The third-order valence-electron chi connectivity index (χ3n) is 3.09. The van der Waals surface area contributed by atoms with Crippen molar-refractivity contribution in [3.63, 3.8) is 0 Å². The summed E-state index contributed by atoms with van der Waals surface area (Å²) in [4.78, 5) is 23.5. The minimum Gasteiger partial charge on any atom is -0.489 e. The molecule has 0 spiro atoms. The minimum absolute atomic E-state index is 0.0489. The number of rotatable bonds is 3. The lowest BCUT2D eigenvalue weighted by molar-refractivity contribution is 0.0461. The SMILES string of the molecule is Nc1nc(N)nc(COC(=O)c2cc(Cl)c3c(c2)OCCCO3)n1. The van der Waals surface area contributed by atoms with Gasteiger partial charge in [-0.25, -0.2) is 4.79 Å². The van der Waals surface area contributed by atoms with Gasteiger partial charge >= 0.3 is 5.97 Å². The first kappa shape index (κ1) is 16.1. The molecular weight excluding hydrogens is 338 g/mol. The molecule has 3 rings (SSSR count). The van der Waals surface area contributed by atoms with Crippen molar-refractivity contribution >= 4 is 29.5 Å². The van der Waals surface area contributed by atoms with Crippen LogP contribution in [0.15, 0.2) is 12.1 Å². The van der Waals surface area contributed by atoms with Gasteiger partial charge in [0.2, 0.25) is 11.9 Å². The van der Waals surface area contributed by atoms with E-state index in [9.17, 15) is 4.79 Å². The highest BCUT2D eigenvalue weighted by Gasteiger charge is 2.19. The van der Waals surface area contributed by atoms with Crippen LogP contribution in [0.3, 0.4) is 0 Å². The molecular formula is C14H14ClN5O4. The number of nitrogens with zero attached hydrogens (tertiary/aromatic N) is 3. The van der Waals surface area contributed by atoms with Crippen LogP contribution in [0.4, 0.5) is 11.9 Å². The van der Waals surface area contributed by atoms with Gasteiger partial charge in [0.1, 0.15) is 0 Å². The van der Waals surface area contributed by atoms with Crippen LogP contribution in [0.2, 0.25) is 5.02 Å². The number of benzene rings is 1. The van der Waals surface area contributed by atoms with Crippen LogP contribution in [0.5, 0.6) is 11.5 Å². The third-order valence-corrected chi connectivity index (χ3v) is 3.37. The van der Waals surface area contributed by atoms with Crippen molar-refractivity contribution in [2.24, 2.45) is 0 Å². The van der Waals surface area contributed by atoms with Gasteiger partial charge in [0.15, 0.2) is 23.9 Å². The zero-order valence-electron chi connectivity index (χ0n) is 12.5. The highest BCUT2D eigenvalue weighted by molar-refractivity contribution is 6.32. The van der Waals surface area contributed by atoms with Crippen LogP contribution in [-0.4, -0.2) is 34.1 Å². The lowest BCUT2D eigenvalue weighted by atomic mass is 10.2. The van der Waals surface area contributed by atoms with Gasteiger partial charge in [-0.1, -0.05) is 11.6 Å². The van der Waals surface area contributed by atoms with E-state index in [0.717, 1.165) is 6.42 Å². The number of fused-ring (bicyclic) bond motifs is 1. The molecule has 24 heavy (non-hydrogen) atoms. The van der Waals surface area contributed by atoms with Crippen molar-refractivity contribution in [3.05, 3.63) is 28.5 Å². The van der Waals surface area contributed by atoms with Gasteiger partial charge in [0.05, 0.1) is 23.8 Å². The number of halogens is 1. The number of carbonyl (C=O) groups excluding carboxylic acids is 1. The zero-order chi connectivity index (χ0) is 17.1. The Balaban J connectivity index is 1.75. The number of hydrogen-bond acceptors (Lipinski definition) is 9. The van der Waals surface area contributed by atoms with Crippen LogP contribution >= 0.6 is 11.6 Å². The molecule has 0 radical (unpaired) electrons. The first-order chi connectivity index (χ1) is 11.5. The molecule has 126 valence electrons. The Morgan fingerprint density at radius 3 is 2.62 bits per heavy atom. The molecule has 2 aromatic rings. The first-order valence-electron chi connectivity index (χ1n) is 7.05. The number of nitrogen functional groups attached to an aromatic ring is 2. The number of carbonyl (C=O) groups is 1. The molecule has 0 unspecified atom stereocenters. The second-order valence-electron chi connectivity index (χ2n) is 4.88. The average Bonchev–Trinajstić information content (AvgIpc) is 2.77. The summed E-state index contributed by atoms with van der Waals surface area (Å²) in [6, 6.07) is 2.97. The lowest BCUT2D eigenvalue weighted by Crippen LogP contribution is -2.11. The second kappa shape index (κ2) is 6.75. The molecule has 0 amide bonds. The van der Waals surface area contributed by atoms with Crippen molar-refractivity contribution in [3.8, 4) is 11.5 Å². The molecule has 0 fully saturated rings. The van der Waals surface area contributed by atoms with Gasteiger partial charge in [-0.15, -0.1) is 0 Å². The molecule has 0 aliphatic carbocycles. The number of hydrogen-bond donors (Lipinski definition) is 2. The van der Waals surface area contributed by atoms with E-state index in [1.54, 1.807) is 0 Å². The molecule has 1 aliphatic heterocycles. The van der Waals surface area contributed by atoms with E-state index in [1.807, 2.05) is 0 Å². The Morgan fingerprint density at radius 2 is 1.88 bits per heavy atom. The van der Waals surface area contributed by atoms with E-state index in [1.165, 1.54) is 12.1 Å². The fraction of sp³-hybridized carbons (Fsp3) is 0.286. The monoisotopic (exact) mass is 351 g/mol. The summed E-state index contributed by atoms with van der Waals surface area (Å²) in [6.07, 6.45) is 0.729. The summed E-state index contributed by atoms with van der Waals surface area (Å²) in [5, 5.41) is 0.273. The van der Waals surface area contributed by atoms with E-state index in [-0.39, 0.29) is 34.9 Å². The maximum atomic E-state index is 12.2. The fourth-order valence-electron chi connectivity index (χ4n) is 2.08. The molecule has 2 heterocycles. The van der Waals surface area contributed by atoms with Gasteiger partial charge in [-0.3, -0.25) is 0 Å². The Kier molecular flexibility index (Phi) is 4.52. The van der Waals surface area contributed by atoms with Crippen LogP contribution in [0.25, 0.3) is 0 Å². The van der Waals surface area contributed by atoms with E-state index in [4.69, 9.17) is 37.3 Å². The van der Waals surface area contributed by atoms with Crippen LogP contribution in [0, 0.1) is 0 Å². The molecule has 0 saturated carbocycles. The summed E-state index contributed by atoms with van der Waals surface area (Å²) < 4.78 is 16.2. The lowest BCUT2D eigenvalue weighted by Gasteiger charge is -2.11. The van der Waals surface area contributed by atoms with Crippen molar-refractivity contribution in [1.82, 2.24) is 15.0 Å². The molecule has 1 aromatic carbocycles. The van der Waals surface area contributed by atoms with E-state index >= 15 is 0 Å². The fourth-order valence-corrected chi connectivity index (χ4v) is 2.35. The number of anilines is 2. The molecule has 0 saturated heterocycles. The van der Waals surface area contributed by atoms with Crippen molar-refractivity contribution in [2.75, 3.05) is 24.7 Å². The molecule has 0 bridgehead atoms. The van der Waals surface area contributed by atoms with Crippen molar-refractivity contribution in [1.29, 1.82) is 0 Å². The Bertz CT molecular complexity index is 766. The maximum Gasteiger partial charge on any atom is 0.338 e. The molecule has 0 atom stereocenters. The van der Waals surface area contributed by atoms with E-state index in [2.05, 4.69) is 15.0 Å². The second-order valence-corrected chi connectivity index (χ2v) is 5.29. The van der Waals surface area contributed by atoms with Crippen molar-refractivity contribution in [2.45, 2.75) is 13.0 Å². The summed E-state index contributed by atoms with van der Waals surface area (Å²) in [7, 11) is 0. The molecule has 1 aliphatic rings. The molecule has 4 N–H and O–H groups in total. The highest BCUT2D eigenvalue weighted by atomic mass is 35.5. The van der Waals surface area contributed by atoms with E-state index < -0.39 is 5.97 Å². The third kappa shape index (κ3) is 3.57. The predicted octanol–water partition coefficient (Wildman–Crippen LogP) is 1.21. The number of nitrogens with two attached hydrogens (primary N) is 2. The number of aromatic nitrogens is 3. The largest absolute Gasteiger partial charge is 0.489 e. The smallest absolute Gasteiger partial charge is 0.338 e. The first-order valence-corrected chi connectivity index (χ1v) is 7.43. The Labute approximate surface area is 141 Å². The summed E-state index contributed by atoms with van der Waals surface area (Å²) >= 11 is 6.14. The number of ether oxygens (including phenoxy) is 3. The van der Waals surface area contributed by atoms with Gasteiger partial charge in [-0.2, -0.15) is 15.0 Å². The predicted molar refractivity (Wildman–Crippen MR) is 84.8 cm³/mol. The Hall–Kier alpha value is -2.81. The van der Waals surface area contributed by atoms with Crippen LogP contribution < -0.4 is 20.9 Å². The van der Waals surface area contributed by atoms with Gasteiger partial charge < -0.3 is 25.7 Å². The number of esters is 1. The molecule has 9 nitrogen and oxygen atoms in total. The highest BCUT2D eigenvalue weighted by Crippen LogP contribution is 2.38. The Morgan fingerprint density at radius 1 is 1.17 bits per heavy atom. The maximum absolute atomic E-state index is 12.2. The quantitative estimate of drug-likeness (QED) is 0.781. The minimum atomic E-state index is -0.620.